The zero-order valence-corrected chi connectivity index (χ0v) is 12.5. The van der Waals surface area contributed by atoms with E-state index in [4.69, 9.17) is 0 Å². The van der Waals surface area contributed by atoms with Crippen molar-refractivity contribution in [3.8, 4) is 22.4 Å². The quantitative estimate of drug-likeness (QED) is 0.797. The first-order chi connectivity index (χ1) is 11.2. The number of aromatic nitrogens is 3. The fourth-order valence-corrected chi connectivity index (χ4v) is 2.56. The fourth-order valence-electron chi connectivity index (χ4n) is 2.56. The molecule has 4 nitrogen and oxygen atoms in total. The number of rotatable bonds is 4. The Bertz CT molecular complexity index is 927. The number of aromatic amines is 1. The predicted octanol–water partition coefficient (Wildman–Crippen LogP) is 3.78. The Morgan fingerprint density at radius 2 is 1.78 bits per heavy atom. The molecular weight excluding hydrogens is 286 g/mol. The molecule has 0 spiro atoms. The van der Waals surface area contributed by atoms with E-state index in [2.05, 4.69) is 28.3 Å². The summed E-state index contributed by atoms with van der Waals surface area (Å²) in [5.41, 5.74) is 4.85. The van der Waals surface area contributed by atoms with Crippen molar-refractivity contribution < 1.29 is 0 Å². The zero-order valence-electron chi connectivity index (χ0n) is 12.5. The number of nitrogens with zero attached hydrogens (tertiary/aromatic N) is 2. The number of hydrogen-bond donors (Lipinski definition) is 1. The number of pyridine rings is 1. The largest absolute Gasteiger partial charge is 0.268 e. The van der Waals surface area contributed by atoms with E-state index in [9.17, 15) is 4.79 Å². The second kappa shape index (κ2) is 6.23. The smallest absolute Gasteiger partial charge is 0.264 e. The summed E-state index contributed by atoms with van der Waals surface area (Å²) in [6.07, 6.45) is 6.93. The van der Waals surface area contributed by atoms with Crippen molar-refractivity contribution in [2.75, 3.05) is 0 Å². The molecule has 0 unspecified atom stereocenters. The Morgan fingerprint density at radius 3 is 2.48 bits per heavy atom. The van der Waals surface area contributed by atoms with Crippen LogP contribution >= 0.6 is 0 Å². The van der Waals surface area contributed by atoms with Crippen LogP contribution < -0.4 is 5.56 Å². The number of hydrogen-bond acceptors (Lipinski definition) is 3. The van der Waals surface area contributed by atoms with Crippen LogP contribution in [0, 0.1) is 0 Å². The van der Waals surface area contributed by atoms with Crippen molar-refractivity contribution in [2.24, 2.45) is 0 Å². The van der Waals surface area contributed by atoms with Crippen LogP contribution in [0.3, 0.4) is 0 Å². The summed E-state index contributed by atoms with van der Waals surface area (Å²) in [5, 5.41) is 6.78. The van der Waals surface area contributed by atoms with Crippen molar-refractivity contribution in [1.82, 2.24) is 15.2 Å². The van der Waals surface area contributed by atoms with Crippen LogP contribution in [0.1, 0.15) is 11.1 Å². The molecular formula is C19H15N3O. The molecule has 1 aromatic carbocycles. The zero-order chi connectivity index (χ0) is 16.2. The summed E-state index contributed by atoms with van der Waals surface area (Å²) in [5.74, 6) is 0. The molecule has 0 amide bonds. The molecule has 0 atom stereocenters. The molecule has 112 valence electrons. The van der Waals surface area contributed by atoms with E-state index < -0.39 is 0 Å². The topological polar surface area (TPSA) is 58.6 Å². The lowest BCUT2D eigenvalue weighted by atomic mass is 9.94. The van der Waals surface area contributed by atoms with Crippen LogP contribution in [-0.4, -0.2) is 15.2 Å². The average Bonchev–Trinajstić information content (AvgIpc) is 2.61. The summed E-state index contributed by atoms with van der Waals surface area (Å²) in [6, 6.07) is 11.1. The average molecular weight is 301 g/mol. The van der Waals surface area contributed by atoms with Crippen LogP contribution in [0.15, 0.2) is 66.7 Å². The Hall–Kier alpha value is -3.27. The third-order valence-electron chi connectivity index (χ3n) is 3.62. The molecule has 0 saturated heterocycles. The second-order valence-corrected chi connectivity index (χ2v) is 4.95. The van der Waals surface area contributed by atoms with Gasteiger partial charge in [0.1, 0.15) is 0 Å². The Morgan fingerprint density at radius 1 is 1.00 bits per heavy atom. The Balaban J connectivity index is 2.32. The van der Waals surface area contributed by atoms with Crippen LogP contribution in [-0.2, 0) is 0 Å². The maximum atomic E-state index is 11.8. The van der Waals surface area contributed by atoms with Crippen LogP contribution in [0.4, 0.5) is 0 Å². The Labute approximate surface area is 133 Å². The van der Waals surface area contributed by atoms with Gasteiger partial charge in [0.2, 0.25) is 0 Å². The van der Waals surface area contributed by atoms with E-state index in [0.717, 1.165) is 27.8 Å². The van der Waals surface area contributed by atoms with Crippen molar-refractivity contribution in [3.05, 3.63) is 83.4 Å². The molecule has 0 aliphatic carbocycles. The van der Waals surface area contributed by atoms with Gasteiger partial charge in [-0.3, -0.25) is 9.78 Å². The van der Waals surface area contributed by atoms with Gasteiger partial charge in [-0.05, 0) is 28.8 Å². The second-order valence-electron chi connectivity index (χ2n) is 4.95. The number of H-pyrrole nitrogens is 1. The molecule has 4 heteroatoms. The van der Waals surface area contributed by atoms with E-state index in [-0.39, 0.29) is 5.56 Å². The summed E-state index contributed by atoms with van der Waals surface area (Å²) in [4.78, 5) is 15.8. The van der Waals surface area contributed by atoms with E-state index in [1.165, 1.54) is 0 Å². The van der Waals surface area contributed by atoms with Crippen molar-refractivity contribution in [1.29, 1.82) is 0 Å². The normalized spacial score (nSPS) is 10.3. The van der Waals surface area contributed by atoms with Gasteiger partial charge in [0.25, 0.3) is 5.56 Å². The van der Waals surface area contributed by atoms with Crippen molar-refractivity contribution in [3.63, 3.8) is 0 Å². The van der Waals surface area contributed by atoms with Gasteiger partial charge >= 0.3 is 0 Å². The molecule has 0 bridgehead atoms. The minimum Gasteiger partial charge on any atom is -0.268 e. The molecule has 2 aromatic heterocycles. The van der Waals surface area contributed by atoms with Gasteiger partial charge in [0.15, 0.2) is 0 Å². The fraction of sp³-hybridized carbons (Fsp3) is 0. The van der Waals surface area contributed by atoms with Crippen LogP contribution in [0.5, 0.6) is 0 Å². The highest BCUT2D eigenvalue weighted by molar-refractivity contribution is 5.86. The van der Waals surface area contributed by atoms with Crippen molar-refractivity contribution >= 4 is 12.2 Å². The van der Waals surface area contributed by atoms with Crippen LogP contribution in [0.25, 0.3) is 34.5 Å². The first kappa shape index (κ1) is 14.7. The molecule has 0 aliphatic heterocycles. The summed E-state index contributed by atoms with van der Waals surface area (Å²) in [6.45, 7) is 7.72. The molecule has 0 radical (unpaired) electrons. The molecule has 1 N–H and O–H groups in total. The highest BCUT2D eigenvalue weighted by Gasteiger charge is 2.14. The standard InChI is InChI=1S/C19H15N3O/c1-3-13-6-5-7-16(15(13)4-2)19-17(12-18(23)21-22-19)14-8-10-20-11-9-14/h3-12H,1-2H2,(H,21,23). The van der Waals surface area contributed by atoms with E-state index in [0.29, 0.717) is 5.69 Å². The Kier molecular flexibility index (Phi) is 3.97. The minimum atomic E-state index is -0.249. The number of benzene rings is 1. The first-order valence-electron chi connectivity index (χ1n) is 7.13. The minimum absolute atomic E-state index is 0.249. The van der Waals surface area contributed by atoms with Gasteiger partial charge in [-0.25, -0.2) is 5.10 Å². The van der Waals surface area contributed by atoms with E-state index in [1.807, 2.05) is 30.3 Å². The highest BCUT2D eigenvalue weighted by Crippen LogP contribution is 2.32. The third kappa shape index (κ3) is 2.74. The van der Waals surface area contributed by atoms with Gasteiger partial charge < -0.3 is 0 Å². The summed E-state index contributed by atoms with van der Waals surface area (Å²) < 4.78 is 0. The maximum absolute atomic E-state index is 11.8. The molecule has 3 rings (SSSR count). The summed E-state index contributed by atoms with van der Waals surface area (Å²) >= 11 is 0. The van der Waals surface area contributed by atoms with E-state index in [1.54, 1.807) is 30.6 Å². The lowest BCUT2D eigenvalue weighted by Crippen LogP contribution is -2.09. The maximum Gasteiger partial charge on any atom is 0.264 e. The molecule has 0 saturated carbocycles. The SMILES string of the molecule is C=Cc1cccc(-c2n[nH]c(=O)cc2-c2ccncc2)c1C=C. The molecule has 0 fully saturated rings. The van der Waals surface area contributed by atoms with Crippen LogP contribution in [0.2, 0.25) is 0 Å². The van der Waals surface area contributed by atoms with Gasteiger partial charge in [-0.15, -0.1) is 0 Å². The molecule has 0 aliphatic rings. The predicted molar refractivity (Wildman–Crippen MR) is 93.7 cm³/mol. The first-order valence-corrected chi connectivity index (χ1v) is 7.13. The highest BCUT2D eigenvalue weighted by atomic mass is 16.1. The van der Waals surface area contributed by atoms with E-state index >= 15 is 0 Å². The van der Waals surface area contributed by atoms with Crippen molar-refractivity contribution in [2.45, 2.75) is 0 Å². The number of nitrogens with one attached hydrogen (secondary N) is 1. The van der Waals surface area contributed by atoms with Gasteiger partial charge in [-0.1, -0.05) is 43.5 Å². The molecule has 23 heavy (non-hydrogen) atoms. The lowest BCUT2D eigenvalue weighted by molar-refractivity contribution is 0.997. The monoisotopic (exact) mass is 301 g/mol. The summed E-state index contributed by atoms with van der Waals surface area (Å²) in [7, 11) is 0. The molecule has 3 aromatic rings. The van der Waals surface area contributed by atoms with Gasteiger partial charge in [0, 0.05) is 29.6 Å². The third-order valence-corrected chi connectivity index (χ3v) is 3.62. The van der Waals surface area contributed by atoms with Gasteiger partial charge in [0.05, 0.1) is 5.69 Å². The lowest BCUT2D eigenvalue weighted by Gasteiger charge is -2.12. The van der Waals surface area contributed by atoms with Gasteiger partial charge in [-0.2, -0.15) is 5.10 Å². The molecule has 2 heterocycles.